The number of carbonyl (C=O) groups is 1. The topological polar surface area (TPSA) is 101 Å². The lowest BCUT2D eigenvalue weighted by Crippen LogP contribution is -2.07. The molecular weight excluding hydrogens is 404 g/mol. The Labute approximate surface area is 176 Å². The second-order valence-corrected chi connectivity index (χ2v) is 6.88. The Morgan fingerprint density at radius 3 is 2.73 bits per heavy atom. The molecule has 2 N–H and O–H groups in total. The first-order valence-electron chi connectivity index (χ1n) is 8.98. The van der Waals surface area contributed by atoms with Crippen LogP contribution in [0.4, 0.5) is 11.4 Å². The van der Waals surface area contributed by atoms with Gasteiger partial charge in [-0.05, 0) is 42.0 Å². The molecule has 148 valence electrons. The van der Waals surface area contributed by atoms with Crippen LogP contribution in [0, 0.1) is 10.1 Å². The van der Waals surface area contributed by atoms with E-state index in [1.165, 1.54) is 24.3 Å². The number of fused-ring (bicyclic) bond motifs is 1. The highest BCUT2D eigenvalue weighted by Gasteiger charge is 2.12. The van der Waals surface area contributed by atoms with Gasteiger partial charge in [-0.15, -0.1) is 0 Å². The highest BCUT2D eigenvalue weighted by molar-refractivity contribution is 6.32. The minimum Gasteiger partial charge on any atom is -0.338 e. The summed E-state index contributed by atoms with van der Waals surface area (Å²) >= 11 is 5.80. The maximum atomic E-state index is 12.3. The van der Waals surface area contributed by atoms with Crippen LogP contribution in [0.25, 0.3) is 28.5 Å². The number of nitrogens with zero attached hydrogens (tertiary/aromatic N) is 2. The van der Waals surface area contributed by atoms with E-state index in [2.05, 4.69) is 15.3 Å². The highest BCUT2D eigenvalue weighted by Crippen LogP contribution is 2.26. The second-order valence-electron chi connectivity index (χ2n) is 6.47. The van der Waals surface area contributed by atoms with Crippen molar-refractivity contribution < 1.29 is 9.72 Å². The van der Waals surface area contributed by atoms with Gasteiger partial charge in [-0.3, -0.25) is 14.9 Å². The van der Waals surface area contributed by atoms with Gasteiger partial charge < -0.3 is 10.3 Å². The molecule has 1 amide bonds. The van der Waals surface area contributed by atoms with Gasteiger partial charge in [-0.25, -0.2) is 4.98 Å². The third-order valence-electron chi connectivity index (χ3n) is 4.39. The van der Waals surface area contributed by atoms with Gasteiger partial charge in [0.2, 0.25) is 5.91 Å². The van der Waals surface area contributed by atoms with E-state index in [9.17, 15) is 14.9 Å². The Kier molecular flexibility index (Phi) is 5.28. The van der Waals surface area contributed by atoms with E-state index in [4.69, 9.17) is 11.6 Å². The predicted octanol–water partition coefficient (Wildman–Crippen LogP) is 5.44. The molecular formula is C22H15ClN4O3. The minimum absolute atomic E-state index is 0.0454. The van der Waals surface area contributed by atoms with Crippen LogP contribution in [-0.4, -0.2) is 20.8 Å². The number of rotatable bonds is 5. The molecule has 0 saturated carbocycles. The van der Waals surface area contributed by atoms with Crippen molar-refractivity contribution in [3.05, 3.63) is 93.5 Å². The zero-order valence-electron chi connectivity index (χ0n) is 15.5. The van der Waals surface area contributed by atoms with Crippen LogP contribution >= 0.6 is 11.6 Å². The number of hydrogen-bond acceptors (Lipinski definition) is 4. The van der Waals surface area contributed by atoms with Gasteiger partial charge in [0.05, 0.1) is 16.0 Å². The number of benzene rings is 3. The zero-order valence-corrected chi connectivity index (χ0v) is 16.3. The molecule has 3 aromatic carbocycles. The van der Waals surface area contributed by atoms with E-state index < -0.39 is 4.92 Å². The number of imidazole rings is 1. The normalized spacial score (nSPS) is 11.1. The molecule has 4 aromatic rings. The van der Waals surface area contributed by atoms with Crippen molar-refractivity contribution in [2.24, 2.45) is 0 Å². The van der Waals surface area contributed by atoms with Gasteiger partial charge in [0.25, 0.3) is 5.69 Å². The van der Waals surface area contributed by atoms with Crippen LogP contribution in [0.3, 0.4) is 0 Å². The number of nitrogens with one attached hydrogen (secondary N) is 2. The number of aromatic amines is 1. The molecule has 8 heteroatoms. The Balaban J connectivity index is 1.50. The summed E-state index contributed by atoms with van der Waals surface area (Å²) in [4.78, 5) is 30.5. The third-order valence-corrected chi connectivity index (χ3v) is 4.71. The fraction of sp³-hybridized carbons (Fsp3) is 0. The first-order chi connectivity index (χ1) is 14.5. The lowest BCUT2D eigenvalue weighted by atomic mass is 10.1. The van der Waals surface area contributed by atoms with Crippen molar-refractivity contribution in [2.45, 2.75) is 0 Å². The summed E-state index contributed by atoms with van der Waals surface area (Å²) in [7, 11) is 0. The van der Waals surface area contributed by atoms with Crippen molar-refractivity contribution >= 4 is 46.0 Å². The van der Waals surface area contributed by atoms with Gasteiger partial charge in [0, 0.05) is 23.4 Å². The Morgan fingerprint density at radius 2 is 1.93 bits per heavy atom. The van der Waals surface area contributed by atoms with Gasteiger partial charge in [0.15, 0.2) is 0 Å². The van der Waals surface area contributed by atoms with Gasteiger partial charge in [0.1, 0.15) is 10.8 Å². The molecule has 30 heavy (non-hydrogen) atoms. The summed E-state index contributed by atoms with van der Waals surface area (Å²) in [6.07, 6.45) is 2.79. The van der Waals surface area contributed by atoms with E-state index in [1.807, 2.05) is 42.5 Å². The van der Waals surface area contributed by atoms with Gasteiger partial charge in [-0.1, -0.05) is 41.9 Å². The number of halogens is 1. The van der Waals surface area contributed by atoms with E-state index in [0.29, 0.717) is 17.1 Å². The van der Waals surface area contributed by atoms with Crippen LogP contribution in [0.15, 0.2) is 72.8 Å². The fourth-order valence-electron chi connectivity index (χ4n) is 2.96. The van der Waals surface area contributed by atoms with Gasteiger partial charge in [-0.2, -0.15) is 0 Å². The van der Waals surface area contributed by atoms with Crippen molar-refractivity contribution in [3.8, 4) is 11.4 Å². The average Bonchev–Trinajstić information content (AvgIpc) is 3.17. The summed E-state index contributed by atoms with van der Waals surface area (Å²) in [6, 6.07) is 19.4. The van der Waals surface area contributed by atoms with Crippen molar-refractivity contribution in [2.75, 3.05) is 5.32 Å². The Morgan fingerprint density at radius 1 is 1.10 bits per heavy atom. The Hall–Kier alpha value is -3.97. The molecule has 0 fully saturated rings. The average molecular weight is 419 g/mol. The molecule has 7 nitrogen and oxygen atoms in total. The molecule has 0 aliphatic heterocycles. The molecule has 0 radical (unpaired) electrons. The minimum atomic E-state index is -0.566. The monoisotopic (exact) mass is 418 g/mol. The number of H-pyrrole nitrogens is 1. The van der Waals surface area contributed by atoms with E-state index in [0.717, 1.165) is 16.6 Å². The van der Waals surface area contributed by atoms with Crippen molar-refractivity contribution in [3.63, 3.8) is 0 Å². The lowest BCUT2D eigenvalue weighted by molar-refractivity contribution is -0.384. The number of carbonyl (C=O) groups excluding carboxylic acids is 1. The molecule has 0 aliphatic rings. The number of nitro groups is 1. The summed E-state index contributed by atoms with van der Waals surface area (Å²) in [6.45, 7) is 0. The molecule has 1 heterocycles. The maximum absolute atomic E-state index is 12.3. The lowest BCUT2D eigenvalue weighted by Gasteiger charge is -2.04. The summed E-state index contributed by atoms with van der Waals surface area (Å²) < 4.78 is 0. The van der Waals surface area contributed by atoms with Crippen LogP contribution in [0.5, 0.6) is 0 Å². The fourth-order valence-corrected chi connectivity index (χ4v) is 3.15. The molecule has 0 unspecified atom stereocenters. The molecule has 1 aromatic heterocycles. The smallest absolute Gasteiger partial charge is 0.288 e. The number of anilines is 1. The highest BCUT2D eigenvalue weighted by atomic mass is 35.5. The molecule has 0 atom stereocenters. The maximum Gasteiger partial charge on any atom is 0.288 e. The quantitative estimate of drug-likeness (QED) is 0.256. The largest absolute Gasteiger partial charge is 0.338 e. The molecule has 4 rings (SSSR count). The second kappa shape index (κ2) is 8.18. The molecule has 0 saturated heterocycles. The predicted molar refractivity (Wildman–Crippen MR) is 117 cm³/mol. The van der Waals surface area contributed by atoms with E-state index >= 15 is 0 Å². The SMILES string of the molecule is O=C(C=Cc1ccc(Cl)c([N+](=O)[O-])c1)Nc1cccc(-c2nc3ccccc3[nH]2)c1. The first kappa shape index (κ1) is 19.4. The number of hydrogen-bond donors (Lipinski definition) is 2. The number of amides is 1. The standard InChI is InChI=1S/C22H15ClN4O3/c23-17-10-8-14(12-20(17)27(29)30)9-11-21(28)24-16-5-3-4-15(13-16)22-25-18-6-1-2-7-19(18)26-22/h1-13H,(H,24,28)(H,25,26). The first-order valence-corrected chi connectivity index (χ1v) is 9.35. The van der Waals surface area contributed by atoms with Crippen LogP contribution in [-0.2, 0) is 4.79 Å². The summed E-state index contributed by atoms with van der Waals surface area (Å²) in [5.41, 5.74) is 3.52. The zero-order chi connectivity index (χ0) is 21.1. The van der Waals surface area contributed by atoms with E-state index in [1.54, 1.807) is 12.1 Å². The number of nitro benzene ring substituents is 1. The third kappa shape index (κ3) is 4.21. The molecule has 0 bridgehead atoms. The molecule has 0 aliphatic carbocycles. The van der Waals surface area contributed by atoms with Crippen LogP contribution in [0.2, 0.25) is 5.02 Å². The van der Waals surface area contributed by atoms with E-state index in [-0.39, 0.29) is 16.6 Å². The summed E-state index contributed by atoms with van der Waals surface area (Å²) in [5, 5.41) is 13.8. The summed E-state index contributed by atoms with van der Waals surface area (Å²) in [5.74, 6) is 0.339. The Bertz CT molecular complexity index is 1260. The van der Waals surface area contributed by atoms with Crippen LogP contribution < -0.4 is 5.32 Å². The van der Waals surface area contributed by atoms with Gasteiger partial charge >= 0.3 is 0 Å². The van der Waals surface area contributed by atoms with Crippen molar-refractivity contribution in [1.82, 2.24) is 9.97 Å². The molecule has 0 spiro atoms. The number of aromatic nitrogens is 2. The van der Waals surface area contributed by atoms with Crippen molar-refractivity contribution in [1.29, 1.82) is 0 Å². The van der Waals surface area contributed by atoms with Crippen LogP contribution in [0.1, 0.15) is 5.56 Å². The number of para-hydroxylation sites is 2.